The second-order valence-corrected chi connectivity index (χ2v) is 5.24. The highest BCUT2D eigenvalue weighted by atomic mass is 15.3. The topological polar surface area (TPSA) is 63.8 Å². The fraction of sp³-hybridized carbons (Fsp3) is 0.333. The Hall–Kier alpha value is -1.94. The third kappa shape index (κ3) is 2.44. The van der Waals surface area contributed by atoms with Crippen molar-refractivity contribution < 1.29 is 0 Å². The fourth-order valence-electron chi connectivity index (χ4n) is 2.23. The van der Waals surface area contributed by atoms with E-state index in [1.165, 1.54) is 24.0 Å². The highest BCUT2D eigenvalue weighted by Gasteiger charge is 2.26. The molecule has 1 aromatic heterocycles. The molecule has 1 aliphatic carbocycles. The van der Waals surface area contributed by atoms with Gasteiger partial charge in [-0.05, 0) is 38.3 Å². The monoisotopic (exact) mass is 254 g/mol. The van der Waals surface area contributed by atoms with Gasteiger partial charge in [-0.25, -0.2) is 15.8 Å². The van der Waals surface area contributed by atoms with Crippen LogP contribution in [0.1, 0.15) is 35.6 Å². The minimum absolute atomic E-state index is 0.582. The Balaban J connectivity index is 2.12. The van der Waals surface area contributed by atoms with Gasteiger partial charge in [-0.3, -0.25) is 0 Å². The molecule has 0 unspecified atom stereocenters. The van der Waals surface area contributed by atoms with Gasteiger partial charge in [0.25, 0.3) is 0 Å². The SMILES string of the molecule is Cc1ccc(C)c(-c2nc(NN)cc(C3CC3)n2)c1. The van der Waals surface area contributed by atoms with Gasteiger partial charge in [-0.1, -0.05) is 17.7 Å². The van der Waals surface area contributed by atoms with Crippen molar-refractivity contribution in [3.8, 4) is 11.4 Å². The van der Waals surface area contributed by atoms with Gasteiger partial charge in [0.05, 0.1) is 0 Å². The summed E-state index contributed by atoms with van der Waals surface area (Å²) < 4.78 is 0. The molecule has 0 aliphatic heterocycles. The van der Waals surface area contributed by atoms with Crippen LogP contribution in [0.4, 0.5) is 5.82 Å². The third-order valence-electron chi connectivity index (χ3n) is 3.52. The van der Waals surface area contributed by atoms with Gasteiger partial charge in [0.2, 0.25) is 0 Å². The Morgan fingerprint density at radius 1 is 1.16 bits per heavy atom. The zero-order valence-electron chi connectivity index (χ0n) is 11.3. The van der Waals surface area contributed by atoms with Crippen molar-refractivity contribution in [1.29, 1.82) is 0 Å². The lowest BCUT2D eigenvalue weighted by molar-refractivity contribution is 0.989. The van der Waals surface area contributed by atoms with Crippen LogP contribution in [-0.2, 0) is 0 Å². The molecule has 1 fully saturated rings. The molecular formula is C15H18N4. The first-order valence-electron chi connectivity index (χ1n) is 6.60. The molecule has 19 heavy (non-hydrogen) atoms. The van der Waals surface area contributed by atoms with Crippen molar-refractivity contribution in [3.05, 3.63) is 41.1 Å². The van der Waals surface area contributed by atoms with Crippen LogP contribution < -0.4 is 11.3 Å². The number of nitrogens with two attached hydrogens (primary N) is 1. The number of hydrogen-bond donors (Lipinski definition) is 2. The maximum atomic E-state index is 5.51. The molecular weight excluding hydrogens is 236 g/mol. The average molecular weight is 254 g/mol. The zero-order chi connectivity index (χ0) is 13.4. The minimum Gasteiger partial charge on any atom is -0.308 e. The number of aryl methyl sites for hydroxylation is 2. The van der Waals surface area contributed by atoms with E-state index in [4.69, 9.17) is 10.8 Å². The summed E-state index contributed by atoms with van der Waals surface area (Å²) in [5, 5.41) is 0. The van der Waals surface area contributed by atoms with Crippen LogP contribution in [0.3, 0.4) is 0 Å². The maximum absolute atomic E-state index is 5.51. The lowest BCUT2D eigenvalue weighted by atomic mass is 10.0. The van der Waals surface area contributed by atoms with Gasteiger partial charge >= 0.3 is 0 Å². The Kier molecular flexibility index (Phi) is 2.95. The molecule has 4 heteroatoms. The number of hydrazine groups is 1. The first-order chi connectivity index (χ1) is 9.17. The Morgan fingerprint density at radius 3 is 2.63 bits per heavy atom. The van der Waals surface area contributed by atoms with Gasteiger partial charge < -0.3 is 5.43 Å². The molecule has 0 saturated heterocycles. The lowest BCUT2D eigenvalue weighted by Gasteiger charge is -2.10. The van der Waals surface area contributed by atoms with Crippen molar-refractivity contribution in [1.82, 2.24) is 9.97 Å². The quantitative estimate of drug-likeness (QED) is 0.653. The van der Waals surface area contributed by atoms with Crippen molar-refractivity contribution in [2.45, 2.75) is 32.6 Å². The summed E-state index contributed by atoms with van der Waals surface area (Å²) in [6, 6.07) is 8.28. The number of aromatic nitrogens is 2. The summed E-state index contributed by atoms with van der Waals surface area (Å²) in [5.41, 5.74) is 7.22. The lowest BCUT2D eigenvalue weighted by Crippen LogP contribution is -2.10. The van der Waals surface area contributed by atoms with E-state index in [1.54, 1.807) is 0 Å². The Bertz CT molecular complexity index is 618. The number of nitrogens with one attached hydrogen (secondary N) is 1. The smallest absolute Gasteiger partial charge is 0.162 e. The van der Waals surface area contributed by atoms with Crippen molar-refractivity contribution in [2.75, 3.05) is 5.43 Å². The van der Waals surface area contributed by atoms with Gasteiger partial charge in [0.15, 0.2) is 5.82 Å². The summed E-state index contributed by atoms with van der Waals surface area (Å²) in [4.78, 5) is 9.20. The predicted molar refractivity (Wildman–Crippen MR) is 76.7 cm³/mol. The largest absolute Gasteiger partial charge is 0.308 e. The molecule has 98 valence electrons. The zero-order valence-corrected chi connectivity index (χ0v) is 11.3. The summed E-state index contributed by atoms with van der Waals surface area (Å²) in [7, 11) is 0. The molecule has 0 bridgehead atoms. The minimum atomic E-state index is 0.582. The summed E-state index contributed by atoms with van der Waals surface area (Å²) in [5.74, 6) is 7.55. The van der Waals surface area contributed by atoms with Gasteiger partial charge in [-0.15, -0.1) is 0 Å². The van der Waals surface area contributed by atoms with Gasteiger partial charge in [0, 0.05) is 23.2 Å². The fourth-order valence-corrected chi connectivity index (χ4v) is 2.23. The normalized spacial score (nSPS) is 14.5. The second kappa shape index (κ2) is 4.63. The molecule has 2 aromatic rings. The predicted octanol–water partition coefficient (Wildman–Crippen LogP) is 2.92. The van der Waals surface area contributed by atoms with Crippen molar-refractivity contribution in [2.24, 2.45) is 5.84 Å². The Labute approximate surface area is 113 Å². The first kappa shape index (κ1) is 12.1. The summed E-state index contributed by atoms with van der Waals surface area (Å²) >= 11 is 0. The molecule has 3 N–H and O–H groups in total. The molecule has 0 amide bonds. The van der Waals surface area contributed by atoms with Crippen LogP contribution >= 0.6 is 0 Å². The molecule has 1 aromatic carbocycles. The van der Waals surface area contributed by atoms with E-state index in [1.807, 2.05) is 6.07 Å². The maximum Gasteiger partial charge on any atom is 0.162 e. The number of nitrogen functional groups attached to an aromatic ring is 1. The van der Waals surface area contributed by atoms with Crippen LogP contribution in [0.15, 0.2) is 24.3 Å². The van der Waals surface area contributed by atoms with E-state index in [0.29, 0.717) is 11.7 Å². The number of rotatable bonds is 3. The number of benzene rings is 1. The second-order valence-electron chi connectivity index (χ2n) is 5.24. The highest BCUT2D eigenvalue weighted by Crippen LogP contribution is 2.40. The van der Waals surface area contributed by atoms with Crippen molar-refractivity contribution >= 4 is 5.82 Å². The number of anilines is 1. The number of nitrogens with zero attached hydrogens (tertiary/aromatic N) is 2. The molecule has 0 spiro atoms. The van der Waals surface area contributed by atoms with E-state index in [-0.39, 0.29) is 0 Å². The summed E-state index contributed by atoms with van der Waals surface area (Å²) in [6.07, 6.45) is 2.43. The number of hydrogen-bond acceptors (Lipinski definition) is 4. The third-order valence-corrected chi connectivity index (χ3v) is 3.52. The summed E-state index contributed by atoms with van der Waals surface area (Å²) in [6.45, 7) is 4.16. The van der Waals surface area contributed by atoms with Crippen LogP contribution in [0, 0.1) is 13.8 Å². The average Bonchev–Trinajstić information content (AvgIpc) is 3.25. The molecule has 4 nitrogen and oxygen atoms in total. The van der Waals surface area contributed by atoms with Crippen LogP contribution in [0.5, 0.6) is 0 Å². The molecule has 0 radical (unpaired) electrons. The van der Waals surface area contributed by atoms with E-state index in [2.05, 4.69) is 42.5 Å². The van der Waals surface area contributed by atoms with E-state index in [9.17, 15) is 0 Å². The molecule has 1 aliphatic rings. The first-order valence-corrected chi connectivity index (χ1v) is 6.60. The molecule has 3 rings (SSSR count). The molecule has 1 heterocycles. The van der Waals surface area contributed by atoms with Gasteiger partial charge in [0.1, 0.15) is 5.82 Å². The van der Waals surface area contributed by atoms with Crippen LogP contribution in [0.2, 0.25) is 0 Å². The van der Waals surface area contributed by atoms with E-state index in [0.717, 1.165) is 17.1 Å². The van der Waals surface area contributed by atoms with Gasteiger partial charge in [-0.2, -0.15) is 0 Å². The molecule has 0 atom stereocenters. The van der Waals surface area contributed by atoms with E-state index < -0.39 is 0 Å². The molecule has 1 saturated carbocycles. The van der Waals surface area contributed by atoms with Crippen LogP contribution in [-0.4, -0.2) is 9.97 Å². The van der Waals surface area contributed by atoms with Crippen LogP contribution in [0.25, 0.3) is 11.4 Å². The Morgan fingerprint density at radius 2 is 1.95 bits per heavy atom. The van der Waals surface area contributed by atoms with Crippen molar-refractivity contribution in [3.63, 3.8) is 0 Å². The standard InChI is InChI=1S/C15H18N4/c1-9-3-4-10(2)12(7-9)15-17-13(11-5-6-11)8-14(18-15)19-16/h3-4,7-8,11H,5-6,16H2,1-2H3,(H,17,18,19). The highest BCUT2D eigenvalue weighted by molar-refractivity contribution is 5.63. The van der Waals surface area contributed by atoms with E-state index >= 15 is 0 Å².